The number of para-hydroxylation sites is 1. The fraction of sp³-hybridized carbons (Fsp3) is 0.111. The van der Waals surface area contributed by atoms with Crippen LogP contribution in [-0.2, 0) is 6.54 Å². The maximum atomic E-state index is 10.8. The number of benzene rings is 1. The van der Waals surface area contributed by atoms with E-state index in [1.54, 1.807) is 18.2 Å². The quantitative estimate of drug-likeness (QED) is 0.586. The van der Waals surface area contributed by atoms with Crippen molar-refractivity contribution in [1.82, 2.24) is 15.2 Å². The van der Waals surface area contributed by atoms with Crippen LogP contribution in [0.5, 0.6) is 0 Å². The molecule has 0 aliphatic heterocycles. The van der Waals surface area contributed by atoms with Gasteiger partial charge in [-0.3, -0.25) is 15.2 Å². The first-order valence-electron chi connectivity index (χ1n) is 4.57. The van der Waals surface area contributed by atoms with Crippen LogP contribution in [0.15, 0.2) is 24.3 Å². The number of H-pyrrole nitrogens is 1. The van der Waals surface area contributed by atoms with Gasteiger partial charge in [0.25, 0.3) is 5.69 Å². The predicted octanol–water partition coefficient (Wildman–Crippen LogP) is 0.839. The number of hydrogen-bond donors (Lipinski definition) is 2. The van der Waals surface area contributed by atoms with E-state index >= 15 is 0 Å². The minimum atomic E-state index is -0.464. The van der Waals surface area contributed by atoms with E-state index in [0.717, 1.165) is 0 Å². The molecule has 1 aromatic carbocycles. The molecule has 0 saturated carbocycles. The Morgan fingerprint density at radius 2 is 2.19 bits per heavy atom. The highest BCUT2D eigenvalue weighted by Gasteiger charge is 2.17. The molecule has 0 aliphatic rings. The van der Waals surface area contributed by atoms with Crippen LogP contribution in [0.2, 0.25) is 0 Å². The van der Waals surface area contributed by atoms with E-state index < -0.39 is 4.92 Å². The van der Waals surface area contributed by atoms with Crippen molar-refractivity contribution in [2.75, 3.05) is 0 Å². The van der Waals surface area contributed by atoms with Crippen molar-refractivity contribution >= 4 is 5.69 Å². The molecule has 82 valence electrons. The Morgan fingerprint density at radius 1 is 1.44 bits per heavy atom. The van der Waals surface area contributed by atoms with Crippen LogP contribution in [0.1, 0.15) is 5.82 Å². The number of rotatable bonds is 3. The Hall–Kier alpha value is -2.28. The highest BCUT2D eigenvalue weighted by molar-refractivity contribution is 5.67. The first kappa shape index (κ1) is 10.2. The summed E-state index contributed by atoms with van der Waals surface area (Å²) in [6, 6.07) is 6.30. The zero-order valence-corrected chi connectivity index (χ0v) is 8.25. The number of nitrogens with two attached hydrogens (primary N) is 1. The van der Waals surface area contributed by atoms with Gasteiger partial charge in [-0.25, -0.2) is 4.98 Å². The Balaban J connectivity index is 2.50. The summed E-state index contributed by atoms with van der Waals surface area (Å²) in [5.41, 5.74) is 5.73. The maximum absolute atomic E-state index is 10.8. The average molecular weight is 219 g/mol. The second-order valence-corrected chi connectivity index (χ2v) is 3.08. The number of aromatic amines is 1. The highest BCUT2D eigenvalue weighted by atomic mass is 16.6. The van der Waals surface area contributed by atoms with Crippen molar-refractivity contribution in [3.8, 4) is 11.4 Å². The monoisotopic (exact) mass is 219 g/mol. The third-order valence-corrected chi connectivity index (χ3v) is 2.07. The van der Waals surface area contributed by atoms with E-state index in [1.807, 2.05) is 0 Å². The van der Waals surface area contributed by atoms with Crippen molar-refractivity contribution in [3.05, 3.63) is 40.2 Å². The third kappa shape index (κ3) is 1.75. The molecule has 0 radical (unpaired) electrons. The van der Waals surface area contributed by atoms with Gasteiger partial charge in [-0.05, 0) is 6.07 Å². The van der Waals surface area contributed by atoms with Gasteiger partial charge in [0.05, 0.1) is 17.0 Å². The summed E-state index contributed by atoms with van der Waals surface area (Å²) < 4.78 is 0. The summed E-state index contributed by atoms with van der Waals surface area (Å²) in [7, 11) is 0. The van der Waals surface area contributed by atoms with Crippen molar-refractivity contribution in [3.63, 3.8) is 0 Å². The normalized spacial score (nSPS) is 10.3. The van der Waals surface area contributed by atoms with E-state index in [9.17, 15) is 10.1 Å². The average Bonchev–Trinajstić information content (AvgIpc) is 2.77. The molecule has 3 N–H and O–H groups in total. The molecule has 0 amide bonds. The molecule has 16 heavy (non-hydrogen) atoms. The smallest absolute Gasteiger partial charge is 0.280 e. The van der Waals surface area contributed by atoms with Gasteiger partial charge < -0.3 is 5.73 Å². The standard InChI is InChI=1S/C9H9N5O2/c10-5-8-11-9(13-12-8)6-3-1-2-4-7(6)14(15)16/h1-4H,5,10H2,(H,11,12,13). The Morgan fingerprint density at radius 3 is 2.81 bits per heavy atom. The molecule has 2 aromatic rings. The number of nitrogens with zero attached hydrogens (tertiary/aromatic N) is 3. The van der Waals surface area contributed by atoms with Crippen molar-refractivity contribution < 1.29 is 4.92 Å². The number of nitro groups is 1. The molecule has 0 bridgehead atoms. The van der Waals surface area contributed by atoms with E-state index in [2.05, 4.69) is 15.2 Å². The molecular weight excluding hydrogens is 210 g/mol. The molecule has 7 heteroatoms. The van der Waals surface area contributed by atoms with Crippen LogP contribution in [-0.4, -0.2) is 20.1 Å². The molecule has 2 rings (SSSR count). The summed E-state index contributed by atoms with van der Waals surface area (Å²) >= 11 is 0. The second-order valence-electron chi connectivity index (χ2n) is 3.08. The minimum absolute atomic E-state index is 0.0231. The Bertz CT molecular complexity index is 522. The van der Waals surface area contributed by atoms with Crippen LogP contribution in [0.25, 0.3) is 11.4 Å². The lowest BCUT2D eigenvalue weighted by Gasteiger charge is -1.96. The zero-order chi connectivity index (χ0) is 11.5. The lowest BCUT2D eigenvalue weighted by Crippen LogP contribution is -1.98. The van der Waals surface area contributed by atoms with Gasteiger partial charge in [-0.2, -0.15) is 5.10 Å². The lowest BCUT2D eigenvalue weighted by molar-refractivity contribution is -0.384. The third-order valence-electron chi connectivity index (χ3n) is 2.07. The number of aromatic nitrogens is 3. The van der Waals surface area contributed by atoms with Gasteiger partial charge in [0.1, 0.15) is 5.82 Å². The topological polar surface area (TPSA) is 111 Å². The molecule has 0 spiro atoms. The summed E-state index contributed by atoms with van der Waals surface area (Å²) in [4.78, 5) is 14.4. The largest absolute Gasteiger partial charge is 0.324 e. The Kier molecular flexibility index (Phi) is 2.61. The first-order valence-corrected chi connectivity index (χ1v) is 4.57. The van der Waals surface area contributed by atoms with Crippen LogP contribution < -0.4 is 5.73 Å². The van der Waals surface area contributed by atoms with Gasteiger partial charge in [0.15, 0.2) is 5.82 Å². The fourth-order valence-corrected chi connectivity index (χ4v) is 1.33. The molecular formula is C9H9N5O2. The van der Waals surface area contributed by atoms with Crippen LogP contribution in [0, 0.1) is 10.1 Å². The van der Waals surface area contributed by atoms with E-state index in [0.29, 0.717) is 11.4 Å². The molecule has 1 aromatic heterocycles. The molecule has 0 fully saturated rings. The summed E-state index contributed by atoms with van der Waals surface area (Å²) in [6.45, 7) is 0.216. The number of hydrogen-bond acceptors (Lipinski definition) is 5. The fourth-order valence-electron chi connectivity index (χ4n) is 1.33. The van der Waals surface area contributed by atoms with Crippen molar-refractivity contribution in [1.29, 1.82) is 0 Å². The molecule has 0 unspecified atom stereocenters. The highest BCUT2D eigenvalue weighted by Crippen LogP contribution is 2.26. The van der Waals surface area contributed by atoms with Crippen LogP contribution in [0.3, 0.4) is 0 Å². The lowest BCUT2D eigenvalue weighted by atomic mass is 10.2. The first-order chi connectivity index (χ1) is 7.72. The molecule has 1 heterocycles. The second kappa shape index (κ2) is 4.07. The van der Waals surface area contributed by atoms with E-state index in [-0.39, 0.29) is 18.1 Å². The van der Waals surface area contributed by atoms with Gasteiger partial charge in [-0.1, -0.05) is 12.1 Å². The van der Waals surface area contributed by atoms with Gasteiger partial charge >= 0.3 is 0 Å². The Labute approximate surface area is 90.5 Å². The van der Waals surface area contributed by atoms with Gasteiger partial charge in [-0.15, -0.1) is 0 Å². The number of nitrogens with one attached hydrogen (secondary N) is 1. The zero-order valence-electron chi connectivity index (χ0n) is 8.25. The summed E-state index contributed by atoms with van der Waals surface area (Å²) in [6.07, 6.45) is 0. The van der Waals surface area contributed by atoms with Crippen LogP contribution >= 0.6 is 0 Å². The van der Waals surface area contributed by atoms with Gasteiger partial charge in [0, 0.05) is 6.07 Å². The summed E-state index contributed by atoms with van der Waals surface area (Å²) in [5, 5.41) is 17.3. The predicted molar refractivity (Wildman–Crippen MR) is 56.4 cm³/mol. The summed E-state index contributed by atoms with van der Waals surface area (Å²) in [5.74, 6) is 0.779. The minimum Gasteiger partial charge on any atom is -0.324 e. The van der Waals surface area contributed by atoms with Crippen molar-refractivity contribution in [2.45, 2.75) is 6.54 Å². The number of nitro benzene ring substituents is 1. The molecule has 7 nitrogen and oxygen atoms in total. The van der Waals surface area contributed by atoms with E-state index in [1.165, 1.54) is 6.07 Å². The van der Waals surface area contributed by atoms with Gasteiger partial charge in [0.2, 0.25) is 0 Å². The molecule has 0 saturated heterocycles. The van der Waals surface area contributed by atoms with Crippen molar-refractivity contribution in [2.24, 2.45) is 5.73 Å². The SMILES string of the molecule is NCc1nc(-c2ccccc2[N+](=O)[O-])n[nH]1. The molecule has 0 aliphatic carbocycles. The van der Waals surface area contributed by atoms with Crippen LogP contribution in [0.4, 0.5) is 5.69 Å². The molecule has 0 atom stereocenters. The maximum Gasteiger partial charge on any atom is 0.280 e. The van der Waals surface area contributed by atoms with E-state index in [4.69, 9.17) is 5.73 Å².